The second kappa shape index (κ2) is 7.44. The number of pyridine rings is 1. The Morgan fingerprint density at radius 1 is 1.35 bits per heavy atom. The van der Waals surface area contributed by atoms with Crippen molar-refractivity contribution in [2.24, 2.45) is 0 Å². The van der Waals surface area contributed by atoms with Crippen LogP contribution in [0.4, 0.5) is 15.8 Å². The fourth-order valence-corrected chi connectivity index (χ4v) is 3.28. The van der Waals surface area contributed by atoms with Crippen LogP contribution < -0.4 is 5.32 Å². The molecule has 2 aromatic heterocycles. The molecule has 3 rings (SSSR count). The first kappa shape index (κ1) is 18.4. The van der Waals surface area contributed by atoms with E-state index in [0.29, 0.717) is 20.8 Å². The number of halogens is 3. The Labute approximate surface area is 159 Å². The lowest BCUT2D eigenvalue weighted by Gasteiger charge is -2.05. The van der Waals surface area contributed by atoms with Gasteiger partial charge in [0.15, 0.2) is 10.8 Å². The number of nitro groups is 1. The van der Waals surface area contributed by atoms with Gasteiger partial charge in [0.25, 0.3) is 0 Å². The molecule has 0 atom stereocenters. The highest BCUT2D eigenvalue weighted by molar-refractivity contribution is 7.99. The molecule has 8 nitrogen and oxygen atoms in total. The van der Waals surface area contributed by atoms with Gasteiger partial charge in [-0.2, -0.15) is 4.39 Å². The average molecular weight is 416 g/mol. The third kappa shape index (κ3) is 3.87. The summed E-state index contributed by atoms with van der Waals surface area (Å²) in [6.07, 6.45) is 1.56. The van der Waals surface area contributed by atoms with Gasteiger partial charge in [0.05, 0.1) is 20.7 Å². The van der Waals surface area contributed by atoms with Crippen molar-refractivity contribution in [1.82, 2.24) is 14.6 Å². The van der Waals surface area contributed by atoms with Gasteiger partial charge in [-0.15, -0.1) is 10.2 Å². The molecule has 0 fully saturated rings. The average Bonchev–Trinajstić information content (AvgIpc) is 2.97. The van der Waals surface area contributed by atoms with Gasteiger partial charge in [-0.3, -0.25) is 19.3 Å². The van der Waals surface area contributed by atoms with Crippen molar-refractivity contribution in [2.45, 2.75) is 5.16 Å². The zero-order valence-corrected chi connectivity index (χ0v) is 15.0. The van der Waals surface area contributed by atoms with Crippen LogP contribution in [0.15, 0.2) is 35.6 Å². The molecule has 26 heavy (non-hydrogen) atoms. The third-order valence-corrected chi connectivity index (χ3v) is 4.58. The van der Waals surface area contributed by atoms with Gasteiger partial charge in [0.1, 0.15) is 0 Å². The number of benzene rings is 1. The lowest BCUT2D eigenvalue weighted by atomic mass is 10.2. The Balaban J connectivity index is 1.70. The number of nitrogens with one attached hydrogen (secondary N) is 1. The third-order valence-electron chi connectivity index (χ3n) is 3.15. The number of anilines is 1. The Morgan fingerprint density at radius 2 is 2.12 bits per heavy atom. The summed E-state index contributed by atoms with van der Waals surface area (Å²) in [6, 6.07) is 4.62. The lowest BCUT2D eigenvalue weighted by molar-refractivity contribution is -0.387. The van der Waals surface area contributed by atoms with Gasteiger partial charge in [-0.05, 0) is 18.2 Å². The van der Waals surface area contributed by atoms with Crippen molar-refractivity contribution in [3.05, 3.63) is 56.4 Å². The maximum absolute atomic E-state index is 13.3. The highest BCUT2D eigenvalue weighted by atomic mass is 35.5. The quantitative estimate of drug-likeness (QED) is 0.386. The van der Waals surface area contributed by atoms with Crippen LogP contribution in [-0.2, 0) is 4.79 Å². The Morgan fingerprint density at radius 3 is 2.85 bits per heavy atom. The van der Waals surface area contributed by atoms with Crippen molar-refractivity contribution in [1.29, 1.82) is 0 Å². The molecule has 1 aromatic carbocycles. The summed E-state index contributed by atoms with van der Waals surface area (Å²) in [5.74, 6) is -1.50. The van der Waals surface area contributed by atoms with E-state index in [4.69, 9.17) is 23.2 Å². The number of fused-ring (bicyclic) bond motifs is 1. The smallest absolute Gasteiger partial charge is 0.306 e. The molecular weight excluding hydrogens is 408 g/mol. The van der Waals surface area contributed by atoms with Crippen LogP contribution in [0.5, 0.6) is 0 Å². The number of amides is 1. The van der Waals surface area contributed by atoms with Crippen molar-refractivity contribution >= 4 is 57.9 Å². The maximum Gasteiger partial charge on any atom is 0.306 e. The fourth-order valence-electron chi connectivity index (χ4n) is 2.06. The van der Waals surface area contributed by atoms with Crippen molar-refractivity contribution in [2.75, 3.05) is 11.1 Å². The summed E-state index contributed by atoms with van der Waals surface area (Å²) < 4.78 is 14.9. The molecule has 0 bridgehead atoms. The van der Waals surface area contributed by atoms with Crippen molar-refractivity contribution in [3.63, 3.8) is 0 Å². The first-order valence-corrected chi connectivity index (χ1v) is 8.65. The van der Waals surface area contributed by atoms with E-state index in [1.54, 1.807) is 10.6 Å². The maximum atomic E-state index is 13.3. The molecule has 1 amide bonds. The fraction of sp³-hybridized carbons (Fsp3) is 0.0714. The second-order valence-corrected chi connectivity index (χ2v) is 6.73. The number of carbonyl (C=O) groups excluding carboxylic acids is 1. The Kier molecular flexibility index (Phi) is 5.25. The second-order valence-electron chi connectivity index (χ2n) is 4.94. The number of nitro benzene ring substituents is 1. The van der Waals surface area contributed by atoms with Gasteiger partial charge >= 0.3 is 5.69 Å². The van der Waals surface area contributed by atoms with Crippen LogP contribution >= 0.6 is 35.0 Å². The van der Waals surface area contributed by atoms with Crippen molar-refractivity contribution in [3.8, 4) is 0 Å². The molecule has 12 heteroatoms. The van der Waals surface area contributed by atoms with E-state index in [1.165, 1.54) is 12.1 Å². The Bertz CT molecular complexity index is 1030. The summed E-state index contributed by atoms with van der Waals surface area (Å²) in [5, 5.41) is 22.1. The van der Waals surface area contributed by atoms with E-state index >= 15 is 0 Å². The topological polar surface area (TPSA) is 102 Å². The van der Waals surface area contributed by atoms with E-state index in [0.717, 1.165) is 23.9 Å². The van der Waals surface area contributed by atoms with Gasteiger partial charge in [0, 0.05) is 18.0 Å². The summed E-state index contributed by atoms with van der Waals surface area (Å²) in [7, 11) is 0. The molecule has 0 aliphatic rings. The number of rotatable bonds is 5. The monoisotopic (exact) mass is 415 g/mol. The summed E-state index contributed by atoms with van der Waals surface area (Å²) >= 11 is 13.0. The number of hydrogen-bond donors (Lipinski definition) is 1. The molecule has 3 aromatic rings. The standard InChI is InChI=1S/C14H8Cl2FN5O3S/c15-7-3-9(16)13-19-20-14(21(13)5-7)26-6-12(23)18-8-1-2-10(17)11(4-8)22(24)25/h1-5H,6H2,(H,18,23). The van der Waals surface area contributed by atoms with Crippen LogP contribution in [0.1, 0.15) is 0 Å². The van der Waals surface area contributed by atoms with Crippen LogP contribution in [0.25, 0.3) is 5.65 Å². The highest BCUT2D eigenvalue weighted by Crippen LogP contribution is 2.26. The number of aromatic nitrogens is 3. The van der Waals surface area contributed by atoms with E-state index in [1.807, 2.05) is 0 Å². The minimum Gasteiger partial charge on any atom is -0.325 e. The van der Waals surface area contributed by atoms with E-state index in [9.17, 15) is 19.3 Å². The van der Waals surface area contributed by atoms with E-state index in [-0.39, 0.29) is 11.4 Å². The predicted molar refractivity (Wildman–Crippen MR) is 95.4 cm³/mol. The number of thioether (sulfide) groups is 1. The van der Waals surface area contributed by atoms with Crippen LogP contribution in [0, 0.1) is 15.9 Å². The molecule has 0 saturated heterocycles. The molecule has 134 valence electrons. The number of hydrogen-bond acceptors (Lipinski definition) is 6. The lowest BCUT2D eigenvalue weighted by Crippen LogP contribution is -2.14. The van der Waals surface area contributed by atoms with Crippen LogP contribution in [0.2, 0.25) is 10.0 Å². The molecule has 0 aliphatic heterocycles. The van der Waals surface area contributed by atoms with Crippen molar-refractivity contribution < 1.29 is 14.1 Å². The van der Waals surface area contributed by atoms with Gasteiger partial charge in [0.2, 0.25) is 11.7 Å². The summed E-state index contributed by atoms with van der Waals surface area (Å²) in [6.45, 7) is 0. The molecular formula is C14H8Cl2FN5O3S. The number of nitrogens with zero attached hydrogens (tertiary/aromatic N) is 4. The molecule has 0 aliphatic carbocycles. The minimum atomic E-state index is -0.980. The minimum absolute atomic E-state index is 0.0594. The molecule has 0 unspecified atom stereocenters. The molecule has 1 N–H and O–H groups in total. The number of carbonyl (C=O) groups is 1. The summed E-state index contributed by atoms with van der Waals surface area (Å²) in [5.41, 5.74) is -0.211. The van der Waals surface area contributed by atoms with E-state index < -0.39 is 22.3 Å². The zero-order valence-electron chi connectivity index (χ0n) is 12.6. The zero-order chi connectivity index (χ0) is 18.8. The van der Waals surface area contributed by atoms with Gasteiger partial charge < -0.3 is 5.32 Å². The first-order valence-electron chi connectivity index (χ1n) is 6.91. The van der Waals surface area contributed by atoms with E-state index in [2.05, 4.69) is 15.5 Å². The van der Waals surface area contributed by atoms with Crippen LogP contribution in [0.3, 0.4) is 0 Å². The normalized spacial score (nSPS) is 10.9. The van der Waals surface area contributed by atoms with Crippen LogP contribution in [-0.4, -0.2) is 31.2 Å². The first-order chi connectivity index (χ1) is 12.3. The molecule has 0 radical (unpaired) electrons. The largest absolute Gasteiger partial charge is 0.325 e. The SMILES string of the molecule is O=C(CSc1nnc2c(Cl)cc(Cl)cn12)Nc1ccc(F)c([N+](=O)[O-])c1. The predicted octanol–water partition coefficient (Wildman–Crippen LogP) is 3.81. The van der Waals surface area contributed by atoms with Gasteiger partial charge in [-0.1, -0.05) is 35.0 Å². The summed E-state index contributed by atoms with van der Waals surface area (Å²) in [4.78, 5) is 21.9. The highest BCUT2D eigenvalue weighted by Gasteiger charge is 2.16. The molecule has 2 heterocycles. The molecule has 0 saturated carbocycles. The molecule has 0 spiro atoms. The van der Waals surface area contributed by atoms with Gasteiger partial charge in [-0.25, -0.2) is 0 Å². The Hall–Kier alpha value is -2.43.